The van der Waals surface area contributed by atoms with E-state index in [1.807, 2.05) is 20.8 Å². The maximum atomic E-state index is 10.6. The largest absolute Gasteiger partial charge is 0.333 e. The van der Waals surface area contributed by atoms with Crippen molar-refractivity contribution < 1.29 is 9.46 Å². The van der Waals surface area contributed by atoms with Gasteiger partial charge in [-0.2, -0.15) is 0 Å². The average Bonchev–Trinajstić information content (AvgIpc) is 1.57. The van der Waals surface area contributed by atoms with Crippen LogP contribution in [-0.2, 0) is 4.57 Å². The molecule has 1 atom stereocenters. The van der Waals surface area contributed by atoms with E-state index >= 15 is 0 Å². The van der Waals surface area contributed by atoms with Crippen molar-refractivity contribution >= 4 is 7.52 Å². The third kappa shape index (κ3) is 8.15. The van der Waals surface area contributed by atoms with Gasteiger partial charge in [0.15, 0.2) is 0 Å². The van der Waals surface area contributed by atoms with E-state index in [1.54, 1.807) is 0 Å². The molecule has 0 aliphatic carbocycles. The van der Waals surface area contributed by atoms with Crippen molar-refractivity contribution in [3.63, 3.8) is 0 Å². The molecule has 0 aliphatic heterocycles. The van der Waals surface area contributed by atoms with Crippen molar-refractivity contribution in [3.8, 4) is 0 Å². The van der Waals surface area contributed by atoms with Crippen LogP contribution < -0.4 is 5.50 Å². The van der Waals surface area contributed by atoms with Gasteiger partial charge in [0.05, 0.1) is 0 Å². The van der Waals surface area contributed by atoms with Gasteiger partial charge in [-0.05, 0) is 11.8 Å². The minimum atomic E-state index is -3.26. The first-order chi connectivity index (χ1) is 4.21. The van der Waals surface area contributed by atoms with Gasteiger partial charge < -0.3 is 4.89 Å². The molecule has 0 spiro atoms. The van der Waals surface area contributed by atoms with Crippen molar-refractivity contribution in [2.75, 3.05) is 6.16 Å². The van der Waals surface area contributed by atoms with Crippen LogP contribution in [0.25, 0.3) is 0 Å². The van der Waals surface area contributed by atoms with Crippen LogP contribution in [0.1, 0.15) is 27.2 Å². The van der Waals surface area contributed by atoms with Crippen LogP contribution in [0.3, 0.4) is 0 Å². The Labute approximate surface area is 62.1 Å². The zero-order valence-corrected chi connectivity index (χ0v) is 7.69. The fraction of sp³-hybridized carbons (Fsp3) is 1.00. The Bertz CT molecular complexity index is 144. The van der Waals surface area contributed by atoms with E-state index < -0.39 is 7.52 Å². The van der Waals surface area contributed by atoms with E-state index in [-0.39, 0.29) is 11.6 Å². The molecule has 0 saturated heterocycles. The van der Waals surface area contributed by atoms with Crippen LogP contribution in [0.5, 0.6) is 0 Å². The van der Waals surface area contributed by atoms with Crippen LogP contribution in [0.4, 0.5) is 0 Å². The molecule has 0 aliphatic rings. The molecule has 4 heteroatoms. The Morgan fingerprint density at radius 2 is 1.90 bits per heavy atom. The van der Waals surface area contributed by atoms with Gasteiger partial charge in [-0.3, -0.25) is 10.1 Å². The third-order valence-electron chi connectivity index (χ3n) is 1.18. The summed E-state index contributed by atoms with van der Waals surface area (Å²) in [5.41, 5.74) is 5.05. The molecule has 0 saturated carbocycles. The van der Waals surface area contributed by atoms with Crippen molar-refractivity contribution in [2.24, 2.45) is 10.9 Å². The van der Waals surface area contributed by atoms with Gasteiger partial charge in [0.1, 0.15) is 0 Å². The van der Waals surface area contributed by atoms with Crippen LogP contribution in [0.15, 0.2) is 0 Å². The predicted molar refractivity (Wildman–Crippen MR) is 43.0 cm³/mol. The Kier molecular flexibility index (Phi) is 3.08. The van der Waals surface area contributed by atoms with E-state index in [0.717, 1.165) is 0 Å². The smallest absolute Gasteiger partial charge is 0.264 e. The molecule has 0 aromatic rings. The minimum absolute atomic E-state index is 0.0950. The molecule has 0 radical (unpaired) electrons. The number of nitrogens with two attached hydrogens (primary N) is 1. The van der Waals surface area contributed by atoms with E-state index in [1.165, 1.54) is 0 Å². The van der Waals surface area contributed by atoms with Gasteiger partial charge in [-0.15, -0.1) is 0 Å². The lowest BCUT2D eigenvalue weighted by Gasteiger charge is -2.18. The molecular formula is C6H16NO2P. The predicted octanol–water partition coefficient (Wildman–Crippen LogP) is 1.57. The highest BCUT2D eigenvalue weighted by atomic mass is 31.2. The zero-order valence-electron chi connectivity index (χ0n) is 6.79. The Morgan fingerprint density at radius 1 is 1.50 bits per heavy atom. The van der Waals surface area contributed by atoms with Crippen LogP contribution in [0.2, 0.25) is 0 Å². The highest BCUT2D eigenvalue weighted by molar-refractivity contribution is 7.55. The molecule has 10 heavy (non-hydrogen) atoms. The first-order valence-corrected chi connectivity index (χ1v) is 5.22. The van der Waals surface area contributed by atoms with Gasteiger partial charge in [0.25, 0.3) is 7.52 Å². The lowest BCUT2D eigenvalue weighted by atomic mass is 9.94. The second-order valence-corrected chi connectivity index (χ2v) is 5.75. The molecular weight excluding hydrogens is 149 g/mol. The molecule has 0 heterocycles. The second-order valence-electron chi connectivity index (χ2n) is 3.79. The molecule has 0 amide bonds. The summed E-state index contributed by atoms with van der Waals surface area (Å²) in [4.78, 5) is 8.71. The summed E-state index contributed by atoms with van der Waals surface area (Å²) in [6.07, 6.45) is 0.910. The summed E-state index contributed by atoms with van der Waals surface area (Å²) < 4.78 is 10.6. The van der Waals surface area contributed by atoms with Gasteiger partial charge in [0, 0.05) is 6.16 Å². The van der Waals surface area contributed by atoms with E-state index in [9.17, 15) is 4.57 Å². The summed E-state index contributed by atoms with van der Waals surface area (Å²) in [7, 11) is -3.26. The lowest BCUT2D eigenvalue weighted by molar-refractivity contribution is 0.387. The second kappa shape index (κ2) is 3.04. The van der Waals surface area contributed by atoms with E-state index in [0.29, 0.717) is 6.42 Å². The molecule has 0 fully saturated rings. The van der Waals surface area contributed by atoms with Gasteiger partial charge in [-0.25, -0.2) is 0 Å². The van der Waals surface area contributed by atoms with Crippen molar-refractivity contribution in [2.45, 2.75) is 27.2 Å². The van der Waals surface area contributed by atoms with E-state index in [4.69, 9.17) is 10.4 Å². The molecule has 0 bridgehead atoms. The molecule has 1 unspecified atom stereocenters. The molecule has 3 N–H and O–H groups in total. The maximum absolute atomic E-state index is 10.6. The molecule has 0 aromatic carbocycles. The van der Waals surface area contributed by atoms with Gasteiger partial charge in [-0.1, -0.05) is 20.8 Å². The third-order valence-corrected chi connectivity index (χ3v) is 2.05. The Hall–Kier alpha value is 0.150. The highest BCUT2D eigenvalue weighted by Crippen LogP contribution is 2.34. The molecule has 0 rings (SSSR count). The quantitative estimate of drug-likeness (QED) is 0.610. The van der Waals surface area contributed by atoms with Crippen molar-refractivity contribution in [1.29, 1.82) is 0 Å². The monoisotopic (exact) mass is 165 g/mol. The summed E-state index contributed by atoms with van der Waals surface area (Å²) >= 11 is 0. The summed E-state index contributed by atoms with van der Waals surface area (Å²) in [5.74, 6) is 0. The summed E-state index contributed by atoms with van der Waals surface area (Å²) in [5, 5.41) is 0. The first kappa shape index (κ1) is 10.2. The molecule has 0 aromatic heterocycles. The average molecular weight is 165 g/mol. The topological polar surface area (TPSA) is 63.3 Å². The summed E-state index contributed by atoms with van der Waals surface area (Å²) in [6.45, 7) is 6.05. The van der Waals surface area contributed by atoms with E-state index in [2.05, 4.69) is 0 Å². The lowest BCUT2D eigenvalue weighted by Crippen LogP contribution is -2.10. The maximum Gasteiger partial charge on any atom is 0.264 e. The van der Waals surface area contributed by atoms with Gasteiger partial charge >= 0.3 is 0 Å². The standard InChI is InChI=1S/C6H16NO2P/c1-6(2,3)4-5-10(7,8)9/h4-5H2,1-3H3,(H3,7,8,9). The highest BCUT2D eigenvalue weighted by Gasteiger charge is 2.17. The van der Waals surface area contributed by atoms with Crippen LogP contribution in [-0.4, -0.2) is 11.1 Å². The van der Waals surface area contributed by atoms with Crippen molar-refractivity contribution in [1.82, 2.24) is 0 Å². The SMILES string of the molecule is CC(C)(C)CCP(N)(=O)O. The number of rotatable bonds is 2. The minimum Gasteiger partial charge on any atom is -0.333 e. The van der Waals surface area contributed by atoms with Crippen LogP contribution >= 0.6 is 7.52 Å². The summed E-state index contributed by atoms with van der Waals surface area (Å²) in [6, 6.07) is 0. The van der Waals surface area contributed by atoms with Gasteiger partial charge in [0.2, 0.25) is 0 Å². The number of hydrogen-bond donors (Lipinski definition) is 2. The Morgan fingerprint density at radius 3 is 2.00 bits per heavy atom. The molecule has 62 valence electrons. The fourth-order valence-electron chi connectivity index (χ4n) is 0.496. The zero-order chi connectivity index (χ0) is 8.41. The first-order valence-electron chi connectivity index (χ1n) is 3.31. The van der Waals surface area contributed by atoms with Crippen molar-refractivity contribution in [3.05, 3.63) is 0 Å². The molecule has 3 nitrogen and oxygen atoms in total. The Balaban J connectivity index is 3.67. The normalized spacial score (nSPS) is 18.5. The van der Waals surface area contributed by atoms with Crippen LogP contribution in [0, 0.1) is 5.41 Å². The number of hydrogen-bond acceptors (Lipinski definition) is 1. The fourth-order valence-corrected chi connectivity index (χ4v) is 1.49.